The van der Waals surface area contributed by atoms with Crippen molar-refractivity contribution < 1.29 is 9.59 Å². The van der Waals surface area contributed by atoms with Crippen molar-refractivity contribution in [2.45, 2.75) is 45.1 Å². The van der Waals surface area contributed by atoms with Crippen LogP contribution in [0.25, 0.3) is 11.0 Å². The number of carbonyl (C=O) groups excluding carboxylic acids is 2. The zero-order valence-electron chi connectivity index (χ0n) is 17.1. The van der Waals surface area contributed by atoms with E-state index in [2.05, 4.69) is 15.2 Å². The van der Waals surface area contributed by atoms with Crippen LogP contribution in [-0.2, 0) is 16.1 Å². The molecule has 0 aliphatic carbocycles. The normalized spacial score (nSPS) is 20.3. The number of hydrogen-bond acceptors (Lipinski definition) is 5. The third-order valence-electron chi connectivity index (χ3n) is 6.02. The van der Waals surface area contributed by atoms with Crippen LogP contribution >= 0.6 is 0 Å². The number of rotatable bonds is 6. The molecule has 8 nitrogen and oxygen atoms in total. The van der Waals surface area contributed by atoms with Gasteiger partial charge in [0.25, 0.3) is 0 Å². The van der Waals surface area contributed by atoms with Gasteiger partial charge in [-0.1, -0.05) is 6.42 Å². The summed E-state index contributed by atoms with van der Waals surface area (Å²) < 4.78 is 1.89. The first-order valence-corrected chi connectivity index (χ1v) is 10.7. The zero-order valence-corrected chi connectivity index (χ0v) is 17.1. The Morgan fingerprint density at radius 3 is 2.79 bits per heavy atom. The molecule has 0 spiro atoms. The minimum Gasteiger partial charge on any atom is -0.353 e. The number of likely N-dealkylation sites (tertiary alicyclic amines) is 2. The van der Waals surface area contributed by atoms with E-state index in [4.69, 9.17) is 5.10 Å². The molecule has 2 fully saturated rings. The fraction of sp³-hybridized carbons (Fsp3) is 0.619. The quantitative estimate of drug-likeness (QED) is 0.795. The maximum Gasteiger partial charge on any atom is 0.234 e. The molecule has 2 aliphatic rings. The zero-order chi connectivity index (χ0) is 20.2. The highest BCUT2D eigenvalue weighted by Crippen LogP contribution is 2.31. The average molecular weight is 399 g/mol. The van der Waals surface area contributed by atoms with E-state index in [0.29, 0.717) is 26.2 Å². The molecular weight excluding hydrogens is 368 g/mol. The van der Waals surface area contributed by atoms with Gasteiger partial charge in [0.2, 0.25) is 11.8 Å². The van der Waals surface area contributed by atoms with E-state index >= 15 is 0 Å². The number of pyridine rings is 1. The van der Waals surface area contributed by atoms with Gasteiger partial charge < -0.3 is 10.2 Å². The van der Waals surface area contributed by atoms with E-state index in [1.807, 2.05) is 21.7 Å². The number of nitrogens with one attached hydrogen (secondary N) is 1. The predicted molar refractivity (Wildman–Crippen MR) is 110 cm³/mol. The largest absolute Gasteiger partial charge is 0.353 e. The summed E-state index contributed by atoms with van der Waals surface area (Å²) in [5.74, 6) is 0.427. The minimum absolute atomic E-state index is 0.0736. The standard InChI is InChI=1S/C21H30N6O2/c1-16(28)26-12-7-17(14-26)20-18-6-5-8-23-21(18)27(24-20)13-9-22-19(29)15-25-10-3-2-4-11-25/h5-6,8,17H,2-4,7,9-15H2,1H3,(H,22,29)/t17-/m1/s1. The van der Waals surface area contributed by atoms with Gasteiger partial charge in [0.15, 0.2) is 5.65 Å². The Morgan fingerprint density at radius 1 is 1.21 bits per heavy atom. The van der Waals surface area contributed by atoms with Crippen LogP contribution in [0.15, 0.2) is 18.3 Å². The highest BCUT2D eigenvalue weighted by Gasteiger charge is 2.29. The van der Waals surface area contributed by atoms with E-state index < -0.39 is 0 Å². The first kappa shape index (κ1) is 19.8. The van der Waals surface area contributed by atoms with Crippen LogP contribution < -0.4 is 5.32 Å². The number of aromatic nitrogens is 3. The summed E-state index contributed by atoms with van der Waals surface area (Å²) in [4.78, 5) is 32.6. The predicted octanol–water partition coefficient (Wildman–Crippen LogP) is 1.37. The third kappa shape index (κ3) is 4.58. The highest BCUT2D eigenvalue weighted by atomic mass is 16.2. The molecule has 1 atom stereocenters. The maximum atomic E-state index is 12.2. The highest BCUT2D eigenvalue weighted by molar-refractivity contribution is 5.80. The fourth-order valence-electron chi connectivity index (χ4n) is 4.44. The lowest BCUT2D eigenvalue weighted by atomic mass is 10.0. The molecule has 2 saturated heterocycles. The smallest absolute Gasteiger partial charge is 0.234 e. The summed E-state index contributed by atoms with van der Waals surface area (Å²) >= 11 is 0. The second-order valence-corrected chi connectivity index (χ2v) is 8.12. The number of piperidine rings is 1. The Balaban J connectivity index is 1.39. The Kier molecular flexibility index (Phi) is 6.08. The molecular formula is C21H30N6O2. The van der Waals surface area contributed by atoms with Crippen molar-refractivity contribution in [1.82, 2.24) is 29.9 Å². The van der Waals surface area contributed by atoms with Crippen molar-refractivity contribution in [1.29, 1.82) is 0 Å². The second-order valence-electron chi connectivity index (χ2n) is 8.12. The van der Waals surface area contributed by atoms with E-state index in [0.717, 1.165) is 42.8 Å². The number of nitrogens with zero attached hydrogens (tertiary/aromatic N) is 5. The molecule has 2 amide bonds. The Labute approximate surface area is 171 Å². The minimum atomic E-state index is 0.0736. The molecule has 0 aromatic carbocycles. The Hall–Kier alpha value is -2.48. The van der Waals surface area contributed by atoms with Gasteiger partial charge in [0.1, 0.15) is 0 Å². The SMILES string of the molecule is CC(=O)N1CC[C@@H](c2nn(CCNC(=O)CN3CCCCC3)c3ncccc23)C1. The van der Waals surface area contributed by atoms with Crippen molar-refractivity contribution in [2.75, 3.05) is 39.3 Å². The number of fused-ring (bicyclic) bond motifs is 1. The van der Waals surface area contributed by atoms with Gasteiger partial charge in [-0.25, -0.2) is 9.67 Å². The van der Waals surface area contributed by atoms with Gasteiger partial charge in [0.05, 0.1) is 18.8 Å². The molecule has 4 heterocycles. The number of carbonyl (C=O) groups is 2. The maximum absolute atomic E-state index is 12.2. The van der Waals surface area contributed by atoms with Crippen LogP contribution in [0.1, 0.15) is 44.2 Å². The van der Waals surface area contributed by atoms with Gasteiger partial charge in [0, 0.05) is 44.1 Å². The van der Waals surface area contributed by atoms with Gasteiger partial charge in [-0.2, -0.15) is 5.10 Å². The lowest BCUT2D eigenvalue weighted by Gasteiger charge is -2.25. The van der Waals surface area contributed by atoms with E-state index in [1.54, 1.807) is 13.1 Å². The summed E-state index contributed by atoms with van der Waals surface area (Å²) in [7, 11) is 0. The first-order chi connectivity index (χ1) is 14.1. The van der Waals surface area contributed by atoms with Gasteiger partial charge in [-0.3, -0.25) is 14.5 Å². The molecule has 0 bridgehead atoms. The van der Waals surface area contributed by atoms with Crippen LogP contribution in [0.4, 0.5) is 0 Å². The molecule has 29 heavy (non-hydrogen) atoms. The summed E-state index contributed by atoms with van der Waals surface area (Å²) in [6.07, 6.45) is 6.33. The van der Waals surface area contributed by atoms with E-state index in [9.17, 15) is 9.59 Å². The lowest BCUT2D eigenvalue weighted by Crippen LogP contribution is -2.40. The third-order valence-corrected chi connectivity index (χ3v) is 6.02. The molecule has 0 saturated carbocycles. The molecule has 0 radical (unpaired) electrons. The number of amides is 2. The molecule has 0 unspecified atom stereocenters. The lowest BCUT2D eigenvalue weighted by molar-refractivity contribution is -0.127. The van der Waals surface area contributed by atoms with Gasteiger partial charge >= 0.3 is 0 Å². The van der Waals surface area contributed by atoms with Crippen molar-refractivity contribution in [3.8, 4) is 0 Å². The fourth-order valence-corrected chi connectivity index (χ4v) is 4.44. The van der Waals surface area contributed by atoms with Crippen LogP contribution in [0.2, 0.25) is 0 Å². The Morgan fingerprint density at radius 2 is 2.03 bits per heavy atom. The van der Waals surface area contributed by atoms with Crippen molar-refractivity contribution >= 4 is 22.8 Å². The summed E-state index contributed by atoms with van der Waals surface area (Å²) in [6.45, 7) is 6.74. The van der Waals surface area contributed by atoms with Crippen molar-refractivity contribution in [2.24, 2.45) is 0 Å². The van der Waals surface area contributed by atoms with Crippen LogP contribution in [-0.4, -0.2) is 75.6 Å². The Bertz CT molecular complexity index is 873. The van der Waals surface area contributed by atoms with E-state index in [1.165, 1.54) is 19.3 Å². The van der Waals surface area contributed by atoms with E-state index in [-0.39, 0.29) is 17.7 Å². The topological polar surface area (TPSA) is 83.4 Å². The molecule has 4 rings (SSSR count). The van der Waals surface area contributed by atoms with Crippen LogP contribution in [0.5, 0.6) is 0 Å². The number of hydrogen-bond donors (Lipinski definition) is 1. The van der Waals surface area contributed by atoms with Crippen LogP contribution in [0.3, 0.4) is 0 Å². The monoisotopic (exact) mass is 398 g/mol. The van der Waals surface area contributed by atoms with Gasteiger partial charge in [-0.15, -0.1) is 0 Å². The van der Waals surface area contributed by atoms with Crippen molar-refractivity contribution in [3.05, 3.63) is 24.0 Å². The molecule has 2 aromatic rings. The van der Waals surface area contributed by atoms with Crippen LogP contribution in [0, 0.1) is 0 Å². The molecule has 2 aliphatic heterocycles. The molecule has 1 N–H and O–H groups in total. The summed E-state index contributed by atoms with van der Waals surface area (Å²) in [6, 6.07) is 3.97. The molecule has 8 heteroatoms. The second kappa shape index (κ2) is 8.90. The average Bonchev–Trinajstić information content (AvgIpc) is 3.34. The van der Waals surface area contributed by atoms with Gasteiger partial charge in [-0.05, 0) is 44.5 Å². The molecule has 2 aromatic heterocycles. The van der Waals surface area contributed by atoms with Crippen molar-refractivity contribution in [3.63, 3.8) is 0 Å². The molecule has 156 valence electrons. The summed E-state index contributed by atoms with van der Waals surface area (Å²) in [5, 5.41) is 8.90. The summed E-state index contributed by atoms with van der Waals surface area (Å²) in [5.41, 5.74) is 1.85. The first-order valence-electron chi connectivity index (χ1n) is 10.7.